The highest BCUT2D eigenvalue weighted by Gasteiger charge is 2.15. The summed E-state index contributed by atoms with van der Waals surface area (Å²) in [7, 11) is 3.08. The van der Waals surface area contributed by atoms with E-state index in [1.165, 1.54) is 0 Å². The molecule has 6 nitrogen and oxygen atoms in total. The molecule has 0 aliphatic carbocycles. The van der Waals surface area contributed by atoms with Crippen LogP contribution in [0, 0.1) is 0 Å². The van der Waals surface area contributed by atoms with E-state index >= 15 is 0 Å². The Hall–Kier alpha value is -0.850. The molecule has 0 saturated carbocycles. The van der Waals surface area contributed by atoms with Crippen LogP contribution in [-0.2, 0) is 9.47 Å². The monoisotopic (exact) mass is 231 g/mol. The molecule has 0 atom stereocenters. The Morgan fingerprint density at radius 1 is 1.38 bits per heavy atom. The molecule has 1 fully saturated rings. The summed E-state index contributed by atoms with van der Waals surface area (Å²) < 4.78 is 9.93. The standard InChI is InChI=1S/C10H21N3O3/c1-15-9(16-2)7-12-10(14)13-8-3-5-11-6-4-8/h8-9,11H,3-7H2,1-2H3,(H2,12,13,14). The summed E-state index contributed by atoms with van der Waals surface area (Å²) in [5, 5.41) is 8.88. The lowest BCUT2D eigenvalue weighted by Gasteiger charge is -2.24. The summed E-state index contributed by atoms with van der Waals surface area (Å²) in [6.45, 7) is 2.28. The fourth-order valence-corrected chi connectivity index (χ4v) is 1.64. The van der Waals surface area contributed by atoms with Gasteiger partial charge in [0.1, 0.15) is 0 Å². The lowest BCUT2D eigenvalue weighted by molar-refractivity contribution is -0.0972. The van der Waals surface area contributed by atoms with Crippen molar-refractivity contribution < 1.29 is 14.3 Å². The first-order valence-corrected chi connectivity index (χ1v) is 5.57. The molecule has 2 amide bonds. The van der Waals surface area contributed by atoms with Gasteiger partial charge in [0.2, 0.25) is 0 Å². The van der Waals surface area contributed by atoms with E-state index < -0.39 is 6.29 Å². The molecule has 1 rings (SSSR count). The minimum atomic E-state index is -0.390. The molecule has 1 aliphatic heterocycles. The maximum atomic E-state index is 11.5. The van der Waals surface area contributed by atoms with Crippen molar-refractivity contribution in [2.45, 2.75) is 25.2 Å². The number of ether oxygens (including phenoxy) is 2. The van der Waals surface area contributed by atoms with Crippen molar-refractivity contribution >= 4 is 6.03 Å². The molecular formula is C10H21N3O3. The van der Waals surface area contributed by atoms with E-state index in [0.717, 1.165) is 25.9 Å². The van der Waals surface area contributed by atoms with E-state index in [1.807, 2.05) is 0 Å². The molecule has 0 aromatic heterocycles. The van der Waals surface area contributed by atoms with Crippen LogP contribution in [-0.4, -0.2) is 52.2 Å². The lowest BCUT2D eigenvalue weighted by atomic mass is 10.1. The molecule has 0 unspecified atom stereocenters. The molecule has 1 heterocycles. The van der Waals surface area contributed by atoms with Crippen LogP contribution in [0.3, 0.4) is 0 Å². The molecule has 1 aliphatic rings. The Balaban J connectivity index is 2.14. The van der Waals surface area contributed by atoms with E-state index in [1.54, 1.807) is 14.2 Å². The Morgan fingerprint density at radius 3 is 2.56 bits per heavy atom. The quantitative estimate of drug-likeness (QED) is 0.566. The molecule has 94 valence electrons. The van der Waals surface area contributed by atoms with Gasteiger partial charge in [0.05, 0.1) is 6.54 Å². The highest BCUT2D eigenvalue weighted by atomic mass is 16.7. The lowest BCUT2D eigenvalue weighted by Crippen LogP contribution is -2.48. The first-order chi connectivity index (χ1) is 7.76. The molecule has 0 radical (unpaired) electrons. The first kappa shape index (κ1) is 13.2. The fraction of sp³-hybridized carbons (Fsp3) is 0.900. The third-order valence-electron chi connectivity index (χ3n) is 2.63. The van der Waals surface area contributed by atoms with Gasteiger partial charge in [-0.05, 0) is 25.9 Å². The van der Waals surface area contributed by atoms with Crippen molar-refractivity contribution in [1.29, 1.82) is 0 Å². The zero-order chi connectivity index (χ0) is 11.8. The number of amides is 2. The second kappa shape index (κ2) is 7.43. The number of urea groups is 1. The van der Waals surface area contributed by atoms with E-state index in [2.05, 4.69) is 16.0 Å². The van der Waals surface area contributed by atoms with Crippen LogP contribution >= 0.6 is 0 Å². The van der Waals surface area contributed by atoms with Crippen LogP contribution in [0.15, 0.2) is 0 Å². The number of carbonyl (C=O) groups is 1. The van der Waals surface area contributed by atoms with Crippen LogP contribution in [0.4, 0.5) is 4.79 Å². The van der Waals surface area contributed by atoms with E-state index in [-0.39, 0.29) is 12.1 Å². The minimum absolute atomic E-state index is 0.161. The van der Waals surface area contributed by atoms with Gasteiger partial charge in [0.15, 0.2) is 6.29 Å². The highest BCUT2D eigenvalue weighted by Crippen LogP contribution is 2.01. The normalized spacial score (nSPS) is 17.4. The average Bonchev–Trinajstić information content (AvgIpc) is 2.31. The Labute approximate surface area is 96.1 Å². The number of piperidine rings is 1. The maximum Gasteiger partial charge on any atom is 0.315 e. The van der Waals surface area contributed by atoms with Gasteiger partial charge in [-0.2, -0.15) is 0 Å². The predicted molar refractivity (Wildman–Crippen MR) is 60.2 cm³/mol. The molecule has 6 heteroatoms. The number of hydrogen-bond acceptors (Lipinski definition) is 4. The smallest absolute Gasteiger partial charge is 0.315 e. The van der Waals surface area contributed by atoms with Crippen molar-refractivity contribution in [3.8, 4) is 0 Å². The van der Waals surface area contributed by atoms with Crippen molar-refractivity contribution in [1.82, 2.24) is 16.0 Å². The summed E-state index contributed by atoms with van der Waals surface area (Å²) in [5.41, 5.74) is 0. The SMILES string of the molecule is COC(CNC(=O)NC1CCNCC1)OC. The summed E-state index contributed by atoms with van der Waals surface area (Å²) in [4.78, 5) is 11.5. The Morgan fingerprint density at radius 2 is 2.00 bits per heavy atom. The second-order valence-electron chi connectivity index (χ2n) is 3.78. The topological polar surface area (TPSA) is 71.6 Å². The number of rotatable bonds is 5. The van der Waals surface area contributed by atoms with Crippen LogP contribution in [0.1, 0.15) is 12.8 Å². The van der Waals surface area contributed by atoms with Gasteiger partial charge in [-0.3, -0.25) is 0 Å². The predicted octanol–water partition coefficient (Wildman–Crippen LogP) is -0.343. The molecule has 16 heavy (non-hydrogen) atoms. The molecule has 0 bridgehead atoms. The average molecular weight is 231 g/mol. The summed E-state index contributed by atoms with van der Waals surface area (Å²) >= 11 is 0. The molecule has 3 N–H and O–H groups in total. The van der Waals surface area contributed by atoms with Gasteiger partial charge in [-0.1, -0.05) is 0 Å². The van der Waals surface area contributed by atoms with Gasteiger partial charge in [0, 0.05) is 20.3 Å². The van der Waals surface area contributed by atoms with Crippen molar-refractivity contribution in [2.75, 3.05) is 33.9 Å². The van der Waals surface area contributed by atoms with Crippen LogP contribution in [0.2, 0.25) is 0 Å². The number of nitrogens with one attached hydrogen (secondary N) is 3. The van der Waals surface area contributed by atoms with Crippen molar-refractivity contribution in [3.05, 3.63) is 0 Å². The zero-order valence-electron chi connectivity index (χ0n) is 9.91. The largest absolute Gasteiger partial charge is 0.354 e. The first-order valence-electron chi connectivity index (χ1n) is 5.57. The van der Waals surface area contributed by atoms with Gasteiger partial charge in [-0.15, -0.1) is 0 Å². The van der Waals surface area contributed by atoms with Gasteiger partial charge in [0.25, 0.3) is 0 Å². The van der Waals surface area contributed by atoms with Crippen molar-refractivity contribution in [3.63, 3.8) is 0 Å². The Kier molecular flexibility index (Phi) is 6.14. The van der Waals surface area contributed by atoms with Crippen molar-refractivity contribution in [2.24, 2.45) is 0 Å². The van der Waals surface area contributed by atoms with Crippen LogP contribution in [0.5, 0.6) is 0 Å². The minimum Gasteiger partial charge on any atom is -0.354 e. The molecule has 0 aromatic rings. The van der Waals surface area contributed by atoms with E-state index in [0.29, 0.717) is 6.54 Å². The van der Waals surface area contributed by atoms with E-state index in [4.69, 9.17) is 9.47 Å². The molecule has 0 spiro atoms. The van der Waals surface area contributed by atoms with Gasteiger partial charge < -0.3 is 25.4 Å². The van der Waals surface area contributed by atoms with E-state index in [9.17, 15) is 4.79 Å². The van der Waals surface area contributed by atoms with Crippen LogP contribution in [0.25, 0.3) is 0 Å². The van der Waals surface area contributed by atoms with Gasteiger partial charge in [-0.25, -0.2) is 4.79 Å². The number of hydrogen-bond donors (Lipinski definition) is 3. The zero-order valence-corrected chi connectivity index (χ0v) is 9.91. The Bertz CT molecular complexity index is 203. The third kappa shape index (κ3) is 4.78. The number of carbonyl (C=O) groups excluding carboxylic acids is 1. The number of methoxy groups -OCH3 is 2. The van der Waals surface area contributed by atoms with Gasteiger partial charge >= 0.3 is 6.03 Å². The molecular weight excluding hydrogens is 210 g/mol. The molecule has 1 saturated heterocycles. The summed E-state index contributed by atoms with van der Waals surface area (Å²) in [5.74, 6) is 0. The summed E-state index contributed by atoms with van der Waals surface area (Å²) in [6.07, 6.45) is 1.57. The highest BCUT2D eigenvalue weighted by molar-refractivity contribution is 5.74. The van der Waals surface area contributed by atoms with Crippen LogP contribution < -0.4 is 16.0 Å². The molecule has 0 aromatic carbocycles. The summed E-state index contributed by atoms with van der Waals surface area (Å²) in [6, 6.07) is 0.107. The third-order valence-corrected chi connectivity index (χ3v) is 2.63. The maximum absolute atomic E-state index is 11.5. The fourth-order valence-electron chi connectivity index (χ4n) is 1.64. The second-order valence-corrected chi connectivity index (χ2v) is 3.78.